The number of likely N-dealkylation sites (tertiary alicyclic amines) is 1. The quantitative estimate of drug-likeness (QED) is 0.374. The number of aromatic amines is 1. The number of hydrogen-bond acceptors (Lipinski definition) is 5. The lowest BCUT2D eigenvalue weighted by atomic mass is 9.99. The Morgan fingerprint density at radius 3 is 2.76 bits per heavy atom. The van der Waals surface area contributed by atoms with Crippen molar-refractivity contribution in [2.45, 2.75) is 12.6 Å². The van der Waals surface area contributed by atoms with Crippen molar-refractivity contribution in [1.82, 2.24) is 4.90 Å². The summed E-state index contributed by atoms with van der Waals surface area (Å²) < 4.78 is 10.7. The molecular formula is C22H18N2O5. The Balaban J connectivity index is 1.83. The number of rotatable bonds is 5. The minimum Gasteiger partial charge on any atom is -0.872 e. The Bertz CT molecular complexity index is 1070. The van der Waals surface area contributed by atoms with Crippen molar-refractivity contribution in [2.24, 2.45) is 0 Å². The Hall–Kier alpha value is -3.87. The number of furan rings is 1. The summed E-state index contributed by atoms with van der Waals surface area (Å²) in [5, 5.41) is 13.2. The number of nitrogens with one attached hydrogen (secondary N) is 1. The summed E-state index contributed by atoms with van der Waals surface area (Å²) in [6.45, 7) is 0.155. The van der Waals surface area contributed by atoms with E-state index in [1.807, 2.05) is 6.07 Å². The molecule has 0 saturated carbocycles. The highest BCUT2D eigenvalue weighted by Crippen LogP contribution is 2.39. The molecule has 1 aromatic carbocycles. The van der Waals surface area contributed by atoms with E-state index in [1.165, 1.54) is 18.3 Å². The molecule has 1 amide bonds. The van der Waals surface area contributed by atoms with Gasteiger partial charge in [-0.15, -0.1) is 0 Å². The zero-order valence-electron chi connectivity index (χ0n) is 15.6. The fourth-order valence-corrected chi connectivity index (χ4v) is 3.42. The SMILES string of the molecule is COc1cccc(C([O-])=C2C(=O)C(=O)N(Cc3ccc[nH+]c3)C2c2ccco2)c1. The number of amides is 1. The van der Waals surface area contributed by atoms with Crippen LogP contribution in [0.1, 0.15) is 22.9 Å². The van der Waals surface area contributed by atoms with Crippen LogP contribution in [-0.2, 0) is 16.1 Å². The van der Waals surface area contributed by atoms with Crippen molar-refractivity contribution in [1.29, 1.82) is 0 Å². The maximum Gasteiger partial charge on any atom is 0.295 e. The van der Waals surface area contributed by atoms with Crippen molar-refractivity contribution >= 4 is 17.4 Å². The molecule has 29 heavy (non-hydrogen) atoms. The second-order valence-electron chi connectivity index (χ2n) is 6.57. The van der Waals surface area contributed by atoms with Crippen LogP contribution in [0.3, 0.4) is 0 Å². The molecular weight excluding hydrogens is 372 g/mol. The number of nitrogens with zero attached hydrogens (tertiary/aromatic N) is 1. The van der Waals surface area contributed by atoms with Gasteiger partial charge in [-0.2, -0.15) is 0 Å². The summed E-state index contributed by atoms with van der Waals surface area (Å²) in [6, 6.07) is 12.5. The highest BCUT2D eigenvalue weighted by atomic mass is 16.5. The van der Waals surface area contributed by atoms with Crippen LogP contribution >= 0.6 is 0 Å². The maximum atomic E-state index is 13.2. The Morgan fingerprint density at radius 1 is 1.21 bits per heavy atom. The minimum atomic E-state index is -0.899. The van der Waals surface area contributed by atoms with E-state index in [2.05, 4.69) is 4.98 Å². The highest BCUT2D eigenvalue weighted by Gasteiger charge is 2.45. The van der Waals surface area contributed by atoms with Gasteiger partial charge in [-0.1, -0.05) is 17.9 Å². The summed E-state index contributed by atoms with van der Waals surface area (Å²) in [4.78, 5) is 30.0. The van der Waals surface area contributed by atoms with Crippen LogP contribution in [-0.4, -0.2) is 23.7 Å². The molecule has 3 heterocycles. The molecule has 0 spiro atoms. The molecule has 1 fully saturated rings. The van der Waals surface area contributed by atoms with E-state index in [4.69, 9.17) is 9.15 Å². The predicted molar refractivity (Wildman–Crippen MR) is 99.9 cm³/mol. The van der Waals surface area contributed by atoms with Crippen LogP contribution in [0.4, 0.5) is 0 Å². The summed E-state index contributed by atoms with van der Waals surface area (Å²) in [6.07, 6.45) is 4.93. The number of H-pyrrole nitrogens is 1. The van der Waals surface area contributed by atoms with Crippen LogP contribution in [0.25, 0.3) is 5.76 Å². The van der Waals surface area contributed by atoms with Crippen molar-refractivity contribution in [3.8, 4) is 5.75 Å². The normalized spacial score (nSPS) is 18.2. The number of Topliss-reactive ketones (excluding diaryl/α,β-unsaturated/α-hetero) is 1. The van der Waals surface area contributed by atoms with Crippen LogP contribution < -0.4 is 14.8 Å². The van der Waals surface area contributed by atoms with Gasteiger partial charge in [-0.25, -0.2) is 4.98 Å². The Labute approximate surface area is 166 Å². The molecule has 1 aliphatic rings. The molecule has 0 bridgehead atoms. The van der Waals surface area contributed by atoms with Crippen molar-refractivity contribution in [3.05, 3.63) is 89.6 Å². The highest BCUT2D eigenvalue weighted by molar-refractivity contribution is 6.46. The monoisotopic (exact) mass is 390 g/mol. The number of methoxy groups -OCH3 is 1. The minimum absolute atomic E-state index is 0.127. The lowest BCUT2D eigenvalue weighted by Gasteiger charge is -2.25. The van der Waals surface area contributed by atoms with Crippen molar-refractivity contribution < 1.29 is 28.8 Å². The van der Waals surface area contributed by atoms with Gasteiger partial charge in [0.2, 0.25) is 5.78 Å². The van der Waals surface area contributed by atoms with Crippen LogP contribution in [0.15, 0.2) is 77.2 Å². The van der Waals surface area contributed by atoms with E-state index in [0.29, 0.717) is 11.5 Å². The zero-order valence-corrected chi connectivity index (χ0v) is 15.6. The number of carbonyl (C=O) groups is 2. The second kappa shape index (κ2) is 7.63. The molecule has 1 atom stereocenters. The summed E-state index contributed by atoms with van der Waals surface area (Å²) in [5.41, 5.74) is 0.936. The number of ether oxygens (including phenoxy) is 1. The Morgan fingerprint density at radius 2 is 2.07 bits per heavy atom. The maximum absolute atomic E-state index is 13.2. The zero-order chi connectivity index (χ0) is 20.4. The third kappa shape index (κ3) is 3.38. The van der Waals surface area contributed by atoms with Gasteiger partial charge in [0.05, 0.1) is 19.9 Å². The van der Waals surface area contributed by atoms with Gasteiger partial charge >= 0.3 is 0 Å². The first-order chi connectivity index (χ1) is 14.1. The van der Waals surface area contributed by atoms with Gasteiger partial charge in [0.25, 0.3) is 5.91 Å². The lowest BCUT2D eigenvalue weighted by molar-refractivity contribution is -0.378. The fourth-order valence-electron chi connectivity index (χ4n) is 3.42. The van der Waals surface area contributed by atoms with Crippen LogP contribution in [0.5, 0.6) is 5.75 Å². The third-order valence-corrected chi connectivity index (χ3v) is 4.80. The number of ketones is 1. The molecule has 1 unspecified atom stereocenters. The predicted octanol–water partition coefficient (Wildman–Crippen LogP) is 1.53. The number of hydrogen-bond donors (Lipinski definition) is 0. The fraction of sp³-hybridized carbons (Fsp3) is 0.136. The van der Waals surface area contributed by atoms with E-state index in [0.717, 1.165) is 5.56 Å². The van der Waals surface area contributed by atoms with Gasteiger partial charge < -0.3 is 19.2 Å². The number of aromatic nitrogens is 1. The van der Waals surface area contributed by atoms with Gasteiger partial charge in [-0.05, 0) is 35.9 Å². The van der Waals surface area contributed by atoms with E-state index < -0.39 is 23.5 Å². The average molecular weight is 390 g/mol. The van der Waals surface area contributed by atoms with E-state index in [1.54, 1.807) is 54.9 Å². The average Bonchev–Trinajstić information content (AvgIpc) is 3.37. The molecule has 146 valence electrons. The van der Waals surface area contributed by atoms with Crippen LogP contribution in [0, 0.1) is 0 Å². The first kappa shape index (κ1) is 18.5. The molecule has 0 aliphatic carbocycles. The largest absolute Gasteiger partial charge is 0.872 e. The molecule has 1 N–H and O–H groups in total. The summed E-state index contributed by atoms with van der Waals surface area (Å²) in [7, 11) is 1.49. The second-order valence-corrected chi connectivity index (χ2v) is 6.57. The molecule has 1 aliphatic heterocycles. The van der Waals surface area contributed by atoms with Crippen molar-refractivity contribution in [3.63, 3.8) is 0 Å². The summed E-state index contributed by atoms with van der Waals surface area (Å²) >= 11 is 0. The first-order valence-corrected chi connectivity index (χ1v) is 8.99. The topological polar surface area (TPSA) is 97.0 Å². The van der Waals surface area contributed by atoms with Crippen molar-refractivity contribution in [2.75, 3.05) is 7.11 Å². The van der Waals surface area contributed by atoms with Gasteiger partial charge in [-0.3, -0.25) is 9.59 Å². The lowest BCUT2D eigenvalue weighted by Crippen LogP contribution is -2.29. The summed E-state index contributed by atoms with van der Waals surface area (Å²) in [5.74, 6) is -1.23. The smallest absolute Gasteiger partial charge is 0.295 e. The van der Waals surface area contributed by atoms with Gasteiger partial charge in [0.15, 0.2) is 12.4 Å². The standard InChI is InChI=1S/C22H18N2O5/c1-28-16-7-2-6-15(11-16)20(25)18-19(17-8-4-10-29-17)24(22(27)21(18)26)13-14-5-3-9-23-12-14/h2-12,19,25H,13H2,1H3. The van der Waals surface area contributed by atoms with Crippen LogP contribution in [0.2, 0.25) is 0 Å². The van der Waals surface area contributed by atoms with Gasteiger partial charge in [0, 0.05) is 17.2 Å². The molecule has 3 aromatic rings. The third-order valence-electron chi connectivity index (χ3n) is 4.80. The number of benzene rings is 1. The number of pyridine rings is 1. The molecule has 1 saturated heterocycles. The number of carbonyl (C=O) groups excluding carboxylic acids is 2. The molecule has 7 heteroatoms. The van der Waals surface area contributed by atoms with E-state index in [9.17, 15) is 14.7 Å². The first-order valence-electron chi connectivity index (χ1n) is 8.99. The molecule has 7 nitrogen and oxygen atoms in total. The van der Waals surface area contributed by atoms with Gasteiger partial charge in [0.1, 0.15) is 17.6 Å². The van der Waals surface area contributed by atoms with E-state index in [-0.39, 0.29) is 17.7 Å². The Kier molecular flexibility index (Phi) is 4.87. The molecule has 2 aromatic heterocycles. The van der Waals surface area contributed by atoms with E-state index >= 15 is 0 Å². The molecule has 4 rings (SSSR count). The molecule has 0 radical (unpaired) electrons.